The average Bonchev–Trinajstić information content (AvgIpc) is 2.78. The molecular formula is C13H17NO2. The van der Waals surface area contributed by atoms with Crippen molar-refractivity contribution in [3.63, 3.8) is 0 Å². The molecule has 0 spiro atoms. The van der Waals surface area contributed by atoms with Crippen molar-refractivity contribution in [2.45, 2.75) is 19.3 Å². The fourth-order valence-corrected chi connectivity index (χ4v) is 2.33. The fraction of sp³-hybridized carbons (Fsp3) is 0.462. The predicted molar refractivity (Wildman–Crippen MR) is 62.6 cm³/mol. The van der Waals surface area contributed by atoms with Crippen molar-refractivity contribution in [2.75, 3.05) is 13.1 Å². The highest BCUT2D eigenvalue weighted by Gasteiger charge is 2.33. The molecule has 1 aromatic carbocycles. The number of hydrogen-bond donors (Lipinski definition) is 2. The molecule has 1 aromatic rings. The molecule has 1 aliphatic rings. The largest absolute Gasteiger partial charge is 0.481 e. The van der Waals surface area contributed by atoms with Gasteiger partial charge in [-0.15, -0.1) is 0 Å². The minimum Gasteiger partial charge on any atom is -0.481 e. The highest BCUT2D eigenvalue weighted by molar-refractivity contribution is 5.72. The summed E-state index contributed by atoms with van der Waals surface area (Å²) in [5.41, 5.74) is 2.42. The molecule has 1 heterocycles. The van der Waals surface area contributed by atoms with Gasteiger partial charge in [0.2, 0.25) is 0 Å². The molecule has 0 bridgehead atoms. The minimum atomic E-state index is -0.697. The van der Waals surface area contributed by atoms with Crippen molar-refractivity contribution < 1.29 is 9.90 Å². The second kappa shape index (κ2) is 4.66. The number of nitrogens with one attached hydrogen (secondary N) is 1. The topological polar surface area (TPSA) is 49.3 Å². The molecule has 86 valence electrons. The van der Waals surface area contributed by atoms with E-state index in [0.29, 0.717) is 6.54 Å². The summed E-state index contributed by atoms with van der Waals surface area (Å²) in [6, 6.07) is 8.27. The SMILES string of the molecule is CCc1cccc(C2CNCC2C(=O)O)c1. The van der Waals surface area contributed by atoms with E-state index in [0.717, 1.165) is 18.5 Å². The average molecular weight is 219 g/mol. The van der Waals surface area contributed by atoms with Crippen LogP contribution in [0.15, 0.2) is 24.3 Å². The van der Waals surface area contributed by atoms with Crippen molar-refractivity contribution in [1.29, 1.82) is 0 Å². The lowest BCUT2D eigenvalue weighted by atomic mass is 9.88. The van der Waals surface area contributed by atoms with Gasteiger partial charge in [-0.1, -0.05) is 31.2 Å². The van der Waals surface area contributed by atoms with Crippen molar-refractivity contribution in [3.8, 4) is 0 Å². The maximum absolute atomic E-state index is 11.1. The highest BCUT2D eigenvalue weighted by Crippen LogP contribution is 2.28. The zero-order valence-corrected chi connectivity index (χ0v) is 9.44. The van der Waals surface area contributed by atoms with Gasteiger partial charge in [0.05, 0.1) is 5.92 Å². The predicted octanol–water partition coefficient (Wildman–Crippen LogP) is 1.64. The van der Waals surface area contributed by atoms with E-state index in [9.17, 15) is 4.79 Å². The third kappa shape index (κ3) is 2.09. The van der Waals surface area contributed by atoms with Gasteiger partial charge in [-0.25, -0.2) is 0 Å². The van der Waals surface area contributed by atoms with Crippen LogP contribution in [0, 0.1) is 5.92 Å². The molecule has 0 radical (unpaired) electrons. The summed E-state index contributed by atoms with van der Waals surface area (Å²) in [4.78, 5) is 11.1. The number of carboxylic acids is 1. The van der Waals surface area contributed by atoms with Gasteiger partial charge in [0.15, 0.2) is 0 Å². The van der Waals surface area contributed by atoms with Crippen LogP contribution in [0.25, 0.3) is 0 Å². The molecule has 0 aliphatic carbocycles. The first-order chi connectivity index (χ1) is 7.72. The quantitative estimate of drug-likeness (QED) is 0.812. The lowest BCUT2D eigenvalue weighted by Crippen LogP contribution is -2.21. The summed E-state index contributed by atoms with van der Waals surface area (Å²) in [5.74, 6) is -0.868. The first-order valence-electron chi connectivity index (χ1n) is 5.74. The number of carbonyl (C=O) groups is 1. The number of carboxylic acid groups (broad SMARTS) is 1. The third-order valence-electron chi connectivity index (χ3n) is 3.32. The van der Waals surface area contributed by atoms with Crippen LogP contribution in [0.2, 0.25) is 0 Å². The maximum atomic E-state index is 11.1. The van der Waals surface area contributed by atoms with Crippen molar-refractivity contribution >= 4 is 5.97 Å². The molecule has 3 nitrogen and oxygen atoms in total. The number of rotatable bonds is 3. The van der Waals surface area contributed by atoms with E-state index < -0.39 is 5.97 Å². The molecule has 1 aliphatic heterocycles. The Morgan fingerprint density at radius 2 is 2.31 bits per heavy atom. The molecule has 2 atom stereocenters. The number of aliphatic carboxylic acids is 1. The van der Waals surface area contributed by atoms with Gasteiger partial charge in [-0.3, -0.25) is 4.79 Å². The van der Waals surface area contributed by atoms with Gasteiger partial charge >= 0.3 is 5.97 Å². The second-order valence-corrected chi connectivity index (χ2v) is 4.31. The maximum Gasteiger partial charge on any atom is 0.308 e. The molecule has 0 amide bonds. The van der Waals surface area contributed by atoms with Gasteiger partial charge in [-0.05, 0) is 17.5 Å². The van der Waals surface area contributed by atoms with Crippen LogP contribution in [0.5, 0.6) is 0 Å². The monoisotopic (exact) mass is 219 g/mol. The van der Waals surface area contributed by atoms with Gasteiger partial charge < -0.3 is 10.4 Å². The third-order valence-corrected chi connectivity index (χ3v) is 3.32. The van der Waals surface area contributed by atoms with Crippen LogP contribution >= 0.6 is 0 Å². The Kier molecular flexibility index (Phi) is 3.25. The number of hydrogen-bond acceptors (Lipinski definition) is 2. The van der Waals surface area contributed by atoms with E-state index in [4.69, 9.17) is 5.11 Å². The zero-order chi connectivity index (χ0) is 11.5. The number of benzene rings is 1. The Labute approximate surface area is 95.5 Å². The van der Waals surface area contributed by atoms with Crippen molar-refractivity contribution in [3.05, 3.63) is 35.4 Å². The first-order valence-corrected chi connectivity index (χ1v) is 5.74. The Morgan fingerprint density at radius 1 is 1.50 bits per heavy atom. The normalized spacial score (nSPS) is 24.6. The van der Waals surface area contributed by atoms with Gasteiger partial charge in [0.25, 0.3) is 0 Å². The van der Waals surface area contributed by atoms with Crippen LogP contribution in [-0.4, -0.2) is 24.2 Å². The minimum absolute atomic E-state index is 0.115. The molecule has 0 aromatic heterocycles. The smallest absolute Gasteiger partial charge is 0.308 e. The number of aryl methyl sites for hydroxylation is 1. The van der Waals surface area contributed by atoms with Crippen LogP contribution in [0.3, 0.4) is 0 Å². The second-order valence-electron chi connectivity index (χ2n) is 4.31. The lowest BCUT2D eigenvalue weighted by Gasteiger charge is -2.15. The molecule has 0 saturated carbocycles. The van der Waals surface area contributed by atoms with E-state index in [1.807, 2.05) is 12.1 Å². The molecule has 2 N–H and O–H groups in total. The molecule has 16 heavy (non-hydrogen) atoms. The van der Waals surface area contributed by atoms with Gasteiger partial charge in [0.1, 0.15) is 0 Å². The zero-order valence-electron chi connectivity index (χ0n) is 9.44. The molecule has 2 rings (SSSR count). The molecule has 2 unspecified atom stereocenters. The molecular weight excluding hydrogens is 202 g/mol. The molecule has 1 fully saturated rings. The molecule has 1 saturated heterocycles. The summed E-state index contributed by atoms with van der Waals surface area (Å²) in [6.07, 6.45) is 0.992. The van der Waals surface area contributed by atoms with E-state index >= 15 is 0 Å². The van der Waals surface area contributed by atoms with Gasteiger partial charge in [0, 0.05) is 19.0 Å². The summed E-state index contributed by atoms with van der Waals surface area (Å²) in [7, 11) is 0. The highest BCUT2D eigenvalue weighted by atomic mass is 16.4. The van der Waals surface area contributed by atoms with Crippen LogP contribution in [-0.2, 0) is 11.2 Å². The summed E-state index contributed by atoms with van der Waals surface area (Å²) < 4.78 is 0. The summed E-state index contributed by atoms with van der Waals surface area (Å²) >= 11 is 0. The van der Waals surface area contributed by atoms with E-state index in [-0.39, 0.29) is 11.8 Å². The van der Waals surface area contributed by atoms with Crippen LogP contribution in [0.4, 0.5) is 0 Å². The summed E-state index contributed by atoms with van der Waals surface area (Å²) in [5, 5.41) is 12.3. The van der Waals surface area contributed by atoms with Crippen molar-refractivity contribution in [2.24, 2.45) is 5.92 Å². The Balaban J connectivity index is 2.25. The van der Waals surface area contributed by atoms with Gasteiger partial charge in [-0.2, -0.15) is 0 Å². The Morgan fingerprint density at radius 3 is 3.00 bits per heavy atom. The fourth-order valence-electron chi connectivity index (χ4n) is 2.33. The Hall–Kier alpha value is -1.35. The van der Waals surface area contributed by atoms with Crippen molar-refractivity contribution in [1.82, 2.24) is 5.32 Å². The van der Waals surface area contributed by atoms with Crippen LogP contribution in [0.1, 0.15) is 24.0 Å². The standard InChI is InChI=1S/C13H17NO2/c1-2-9-4-3-5-10(6-9)11-7-14-8-12(11)13(15)16/h3-6,11-12,14H,2,7-8H2,1H3,(H,15,16). The Bertz CT molecular complexity index is 389. The van der Waals surface area contributed by atoms with E-state index in [2.05, 4.69) is 24.4 Å². The van der Waals surface area contributed by atoms with E-state index in [1.165, 1.54) is 5.56 Å². The van der Waals surface area contributed by atoms with Crippen LogP contribution < -0.4 is 5.32 Å². The molecule has 3 heteroatoms. The van der Waals surface area contributed by atoms with E-state index in [1.54, 1.807) is 0 Å². The lowest BCUT2D eigenvalue weighted by molar-refractivity contribution is -0.141. The summed E-state index contributed by atoms with van der Waals surface area (Å²) in [6.45, 7) is 3.46. The first kappa shape index (κ1) is 11.1.